The van der Waals surface area contributed by atoms with Crippen LogP contribution in [0.25, 0.3) is 0 Å². The molecule has 1 spiro atoms. The average molecular weight is 255 g/mol. The average Bonchev–Trinajstić information content (AvgIpc) is 2.99. The van der Waals surface area contributed by atoms with Crippen LogP contribution < -0.4 is 0 Å². The van der Waals surface area contributed by atoms with E-state index in [1.165, 1.54) is 31.4 Å². The van der Waals surface area contributed by atoms with Gasteiger partial charge in [-0.2, -0.15) is 0 Å². The predicted molar refractivity (Wildman–Crippen MR) is 79.6 cm³/mol. The summed E-state index contributed by atoms with van der Waals surface area (Å²) in [5, 5.41) is 0. The quantitative estimate of drug-likeness (QED) is 0.684. The Bertz CT molecular complexity index is 552. The topological polar surface area (TPSA) is 3.24 Å². The van der Waals surface area contributed by atoms with E-state index in [1.807, 2.05) is 0 Å². The molecule has 4 rings (SSSR count). The molecule has 1 aromatic carbocycles. The number of benzene rings is 1. The maximum absolute atomic E-state index is 2.55. The van der Waals surface area contributed by atoms with Crippen molar-refractivity contribution in [2.24, 2.45) is 5.92 Å². The fraction of sp³-hybridized carbons (Fsp3) is 0.667. The first-order valence-electron chi connectivity index (χ1n) is 7.75. The van der Waals surface area contributed by atoms with Crippen molar-refractivity contribution in [2.45, 2.75) is 57.4 Å². The van der Waals surface area contributed by atoms with Crippen LogP contribution in [0.1, 0.15) is 55.9 Å². The van der Waals surface area contributed by atoms with Crippen molar-refractivity contribution in [3.63, 3.8) is 0 Å². The second-order valence-electron chi connectivity index (χ2n) is 8.19. The first-order chi connectivity index (χ1) is 8.90. The van der Waals surface area contributed by atoms with Crippen molar-refractivity contribution >= 4 is 0 Å². The Morgan fingerprint density at radius 3 is 2.68 bits per heavy atom. The van der Waals surface area contributed by atoms with Crippen LogP contribution in [-0.4, -0.2) is 18.5 Å². The molecule has 1 aliphatic heterocycles. The van der Waals surface area contributed by atoms with E-state index in [1.54, 1.807) is 16.7 Å². The third kappa shape index (κ3) is 1.57. The molecule has 3 aliphatic rings. The highest BCUT2D eigenvalue weighted by Crippen LogP contribution is 2.63. The minimum atomic E-state index is 0.273. The van der Waals surface area contributed by atoms with Crippen molar-refractivity contribution in [1.82, 2.24) is 4.90 Å². The van der Waals surface area contributed by atoms with Gasteiger partial charge in [0.15, 0.2) is 0 Å². The lowest BCUT2D eigenvalue weighted by atomic mass is 9.73. The molecule has 1 saturated carbocycles. The summed E-state index contributed by atoms with van der Waals surface area (Å²) in [6.07, 6.45) is 4.20. The SMILES string of the molecule is CN1Cc2cc(C(C)(C)C)cc3c2C2(CC2CC3)C1. The Hall–Kier alpha value is -0.820. The van der Waals surface area contributed by atoms with E-state index in [0.29, 0.717) is 5.41 Å². The van der Waals surface area contributed by atoms with E-state index in [0.717, 1.165) is 12.5 Å². The van der Waals surface area contributed by atoms with Gasteiger partial charge in [0.1, 0.15) is 0 Å². The van der Waals surface area contributed by atoms with E-state index in [9.17, 15) is 0 Å². The van der Waals surface area contributed by atoms with Crippen molar-refractivity contribution in [1.29, 1.82) is 0 Å². The highest BCUT2D eigenvalue weighted by molar-refractivity contribution is 5.53. The summed E-state index contributed by atoms with van der Waals surface area (Å²) in [5.41, 5.74) is 7.46. The summed E-state index contributed by atoms with van der Waals surface area (Å²) in [4.78, 5) is 2.55. The Labute approximate surface area is 117 Å². The molecule has 1 fully saturated rings. The van der Waals surface area contributed by atoms with Gasteiger partial charge in [0.25, 0.3) is 0 Å². The summed E-state index contributed by atoms with van der Waals surface area (Å²) in [6, 6.07) is 5.04. The first kappa shape index (κ1) is 12.0. The van der Waals surface area contributed by atoms with Gasteiger partial charge >= 0.3 is 0 Å². The van der Waals surface area contributed by atoms with E-state index in [-0.39, 0.29) is 5.41 Å². The van der Waals surface area contributed by atoms with Gasteiger partial charge in [-0.05, 0) is 59.9 Å². The van der Waals surface area contributed by atoms with Crippen LogP contribution in [-0.2, 0) is 23.8 Å². The number of aryl methyl sites for hydroxylation is 1. The number of hydrogen-bond acceptors (Lipinski definition) is 1. The molecule has 1 heteroatoms. The highest BCUT2D eigenvalue weighted by Gasteiger charge is 2.59. The van der Waals surface area contributed by atoms with E-state index < -0.39 is 0 Å². The van der Waals surface area contributed by atoms with Gasteiger partial charge in [-0.1, -0.05) is 32.9 Å². The normalized spacial score (nSPS) is 32.7. The lowest BCUT2D eigenvalue weighted by Gasteiger charge is -2.39. The van der Waals surface area contributed by atoms with Crippen LogP contribution in [0.3, 0.4) is 0 Å². The predicted octanol–water partition coefficient (Wildman–Crippen LogP) is 3.63. The van der Waals surface area contributed by atoms with Crippen molar-refractivity contribution in [3.05, 3.63) is 34.4 Å². The van der Waals surface area contributed by atoms with Crippen LogP contribution in [0.2, 0.25) is 0 Å². The molecule has 2 atom stereocenters. The van der Waals surface area contributed by atoms with Crippen molar-refractivity contribution in [3.8, 4) is 0 Å². The number of likely N-dealkylation sites (N-methyl/N-ethyl adjacent to an activating group) is 1. The zero-order valence-corrected chi connectivity index (χ0v) is 12.7. The molecule has 102 valence electrons. The second kappa shape index (κ2) is 3.44. The summed E-state index contributed by atoms with van der Waals surface area (Å²) in [6.45, 7) is 9.47. The van der Waals surface area contributed by atoms with Gasteiger partial charge in [-0.25, -0.2) is 0 Å². The number of nitrogens with zero attached hydrogens (tertiary/aromatic N) is 1. The van der Waals surface area contributed by atoms with Gasteiger partial charge in [-0.3, -0.25) is 0 Å². The Morgan fingerprint density at radius 2 is 1.95 bits per heavy atom. The molecule has 0 radical (unpaired) electrons. The first-order valence-corrected chi connectivity index (χ1v) is 7.75. The van der Waals surface area contributed by atoms with Crippen LogP contribution in [0.15, 0.2) is 12.1 Å². The number of rotatable bonds is 0. The zero-order valence-electron chi connectivity index (χ0n) is 12.7. The van der Waals surface area contributed by atoms with Gasteiger partial charge in [0.2, 0.25) is 0 Å². The lowest BCUT2D eigenvalue weighted by molar-refractivity contribution is 0.253. The molecule has 2 aliphatic carbocycles. The van der Waals surface area contributed by atoms with E-state index in [4.69, 9.17) is 0 Å². The van der Waals surface area contributed by atoms with Crippen LogP contribution in [0, 0.1) is 5.92 Å². The van der Waals surface area contributed by atoms with Gasteiger partial charge in [0.05, 0.1) is 0 Å². The summed E-state index contributed by atoms with van der Waals surface area (Å²) >= 11 is 0. The molecular formula is C18H25N. The van der Waals surface area contributed by atoms with Gasteiger partial charge in [-0.15, -0.1) is 0 Å². The maximum Gasteiger partial charge on any atom is 0.0234 e. The van der Waals surface area contributed by atoms with Crippen LogP contribution in [0.4, 0.5) is 0 Å². The van der Waals surface area contributed by atoms with E-state index >= 15 is 0 Å². The minimum absolute atomic E-state index is 0.273. The fourth-order valence-electron chi connectivity index (χ4n) is 4.66. The van der Waals surface area contributed by atoms with Crippen molar-refractivity contribution in [2.75, 3.05) is 13.6 Å². The molecule has 0 aromatic heterocycles. The standard InChI is InChI=1S/C18H25N/c1-17(2,3)15-7-12-5-6-14-9-18(14)11-19(4)10-13(8-15)16(12)18/h7-8,14H,5-6,9-11H2,1-4H3. The second-order valence-corrected chi connectivity index (χ2v) is 8.19. The molecule has 0 amide bonds. The minimum Gasteiger partial charge on any atom is -0.301 e. The Kier molecular flexibility index (Phi) is 2.16. The molecule has 0 N–H and O–H groups in total. The molecule has 0 saturated heterocycles. The summed E-state index contributed by atoms with van der Waals surface area (Å²) < 4.78 is 0. The van der Waals surface area contributed by atoms with Gasteiger partial charge < -0.3 is 4.90 Å². The third-order valence-electron chi connectivity index (χ3n) is 5.65. The largest absolute Gasteiger partial charge is 0.301 e. The Balaban J connectivity index is 1.93. The lowest BCUT2D eigenvalue weighted by Crippen LogP contribution is -2.39. The van der Waals surface area contributed by atoms with Crippen molar-refractivity contribution < 1.29 is 0 Å². The van der Waals surface area contributed by atoms with E-state index in [2.05, 4.69) is 44.9 Å². The van der Waals surface area contributed by atoms with Crippen LogP contribution >= 0.6 is 0 Å². The Morgan fingerprint density at radius 1 is 1.21 bits per heavy atom. The highest BCUT2D eigenvalue weighted by atomic mass is 15.1. The molecule has 1 nitrogen and oxygen atoms in total. The fourth-order valence-corrected chi connectivity index (χ4v) is 4.66. The molecule has 19 heavy (non-hydrogen) atoms. The molecular weight excluding hydrogens is 230 g/mol. The third-order valence-corrected chi connectivity index (χ3v) is 5.65. The molecule has 1 heterocycles. The van der Waals surface area contributed by atoms with Crippen LogP contribution in [0.5, 0.6) is 0 Å². The summed E-state index contributed by atoms with van der Waals surface area (Å²) in [5.74, 6) is 0.988. The molecule has 0 bridgehead atoms. The summed E-state index contributed by atoms with van der Waals surface area (Å²) in [7, 11) is 2.30. The number of hydrogen-bond donors (Lipinski definition) is 0. The zero-order chi connectivity index (χ0) is 13.4. The monoisotopic (exact) mass is 255 g/mol. The smallest absolute Gasteiger partial charge is 0.0234 e. The van der Waals surface area contributed by atoms with Gasteiger partial charge in [0, 0.05) is 18.5 Å². The maximum atomic E-state index is 2.55. The molecule has 2 unspecified atom stereocenters. The molecule has 1 aromatic rings.